The maximum Gasteiger partial charge on any atom is 0.218 e. The van der Waals surface area contributed by atoms with E-state index in [1.165, 1.54) is 0 Å². The number of nitrogens with zero attached hydrogens (tertiary/aromatic N) is 1. The molecule has 3 N–H and O–H groups in total. The van der Waals surface area contributed by atoms with Gasteiger partial charge < -0.3 is 15.6 Å². The number of primary amides is 1. The lowest BCUT2D eigenvalue weighted by molar-refractivity contribution is -0.119. The lowest BCUT2D eigenvalue weighted by atomic mass is 9.98. The van der Waals surface area contributed by atoms with Gasteiger partial charge in [-0.15, -0.1) is 0 Å². The smallest absolute Gasteiger partial charge is 0.218 e. The van der Waals surface area contributed by atoms with Crippen LogP contribution in [0.2, 0.25) is 0 Å². The highest BCUT2D eigenvalue weighted by Gasteiger charge is 2.25. The Kier molecular flexibility index (Phi) is 6.21. The first-order chi connectivity index (χ1) is 10.6. The third kappa shape index (κ3) is 5.00. The number of para-hydroxylation sites is 1. The van der Waals surface area contributed by atoms with Gasteiger partial charge in [0.15, 0.2) is 0 Å². The topological polar surface area (TPSA) is 75.8 Å². The van der Waals surface area contributed by atoms with Crippen LogP contribution in [-0.2, 0) is 4.79 Å². The second-order valence-electron chi connectivity index (χ2n) is 6.05. The molecule has 1 heterocycles. The second-order valence-corrected chi connectivity index (χ2v) is 6.05. The van der Waals surface area contributed by atoms with Crippen molar-refractivity contribution in [3.8, 4) is 5.75 Å². The summed E-state index contributed by atoms with van der Waals surface area (Å²) in [6.45, 7) is 3.66. The van der Waals surface area contributed by atoms with Crippen molar-refractivity contribution in [3.63, 3.8) is 0 Å². The molecule has 0 saturated carbocycles. The molecule has 0 radical (unpaired) electrons. The van der Waals surface area contributed by atoms with Gasteiger partial charge in [-0.25, -0.2) is 0 Å². The lowest BCUT2D eigenvalue weighted by Gasteiger charge is -2.36. The Morgan fingerprint density at radius 3 is 2.95 bits per heavy atom. The van der Waals surface area contributed by atoms with Crippen LogP contribution in [0.15, 0.2) is 24.3 Å². The second kappa shape index (κ2) is 8.15. The van der Waals surface area contributed by atoms with E-state index in [-0.39, 0.29) is 18.6 Å². The Balaban J connectivity index is 1.83. The van der Waals surface area contributed by atoms with Crippen LogP contribution in [0, 0.1) is 6.92 Å². The number of aliphatic hydroxyl groups excluding tert-OH is 1. The summed E-state index contributed by atoms with van der Waals surface area (Å²) >= 11 is 0. The van der Waals surface area contributed by atoms with E-state index in [1.807, 2.05) is 31.2 Å². The summed E-state index contributed by atoms with van der Waals surface area (Å²) < 4.78 is 5.69. The van der Waals surface area contributed by atoms with Crippen molar-refractivity contribution in [1.82, 2.24) is 4.90 Å². The number of hydrogen-bond acceptors (Lipinski definition) is 4. The number of aryl methyl sites for hydroxylation is 1. The van der Waals surface area contributed by atoms with Gasteiger partial charge in [-0.2, -0.15) is 0 Å². The zero-order valence-electron chi connectivity index (χ0n) is 13.2. The van der Waals surface area contributed by atoms with Crippen LogP contribution in [0.3, 0.4) is 0 Å². The summed E-state index contributed by atoms with van der Waals surface area (Å²) in [5.74, 6) is 0.524. The normalized spacial score (nSPS) is 20.5. The minimum absolute atomic E-state index is 0.152. The zero-order valence-corrected chi connectivity index (χ0v) is 13.2. The monoisotopic (exact) mass is 306 g/mol. The predicted octanol–water partition coefficient (Wildman–Crippen LogP) is 1.46. The van der Waals surface area contributed by atoms with Crippen molar-refractivity contribution in [3.05, 3.63) is 29.8 Å². The minimum Gasteiger partial charge on any atom is -0.491 e. The molecule has 5 heteroatoms. The Morgan fingerprint density at radius 2 is 2.23 bits per heavy atom. The molecule has 1 aromatic carbocycles. The van der Waals surface area contributed by atoms with Crippen molar-refractivity contribution < 1.29 is 14.6 Å². The molecule has 0 spiro atoms. The number of ether oxygens (including phenoxy) is 1. The molecule has 1 fully saturated rings. The van der Waals surface area contributed by atoms with Gasteiger partial charge in [0.05, 0.1) is 0 Å². The summed E-state index contributed by atoms with van der Waals surface area (Å²) in [5.41, 5.74) is 6.37. The molecule has 1 aromatic rings. The summed E-state index contributed by atoms with van der Waals surface area (Å²) in [6.07, 6.45) is 2.97. The molecule has 2 atom stereocenters. The fraction of sp³-hybridized carbons (Fsp3) is 0.588. The van der Waals surface area contributed by atoms with Crippen molar-refractivity contribution in [1.29, 1.82) is 0 Å². The highest BCUT2D eigenvalue weighted by molar-refractivity contribution is 5.74. The van der Waals surface area contributed by atoms with Crippen LogP contribution in [0.1, 0.15) is 31.2 Å². The minimum atomic E-state index is -0.576. The number of rotatable bonds is 7. The van der Waals surface area contributed by atoms with Crippen molar-refractivity contribution in [2.75, 3.05) is 19.7 Å². The van der Waals surface area contributed by atoms with Gasteiger partial charge in [-0.3, -0.25) is 9.69 Å². The number of β-amino-alcohol motifs (C(OH)–C–C–N with tert-alkyl or cyclic N) is 1. The number of amides is 1. The van der Waals surface area contributed by atoms with Gasteiger partial charge in [-0.1, -0.05) is 24.6 Å². The van der Waals surface area contributed by atoms with Crippen LogP contribution in [0.4, 0.5) is 0 Å². The number of aliphatic hydroxyl groups is 1. The number of nitrogens with two attached hydrogens (primary N) is 1. The molecule has 0 aliphatic carbocycles. The zero-order chi connectivity index (χ0) is 15.9. The molecular formula is C17H26N2O3. The Hall–Kier alpha value is -1.59. The van der Waals surface area contributed by atoms with Gasteiger partial charge in [0.25, 0.3) is 0 Å². The average molecular weight is 306 g/mol. The van der Waals surface area contributed by atoms with Crippen LogP contribution in [-0.4, -0.2) is 47.8 Å². The summed E-state index contributed by atoms with van der Waals surface area (Å²) in [7, 11) is 0. The quantitative estimate of drug-likeness (QED) is 0.800. The van der Waals surface area contributed by atoms with Crippen molar-refractivity contribution in [2.45, 2.75) is 44.8 Å². The fourth-order valence-corrected chi connectivity index (χ4v) is 2.99. The molecule has 5 nitrogen and oxygen atoms in total. The predicted molar refractivity (Wildman–Crippen MR) is 85.7 cm³/mol. The molecule has 1 aliphatic rings. The van der Waals surface area contributed by atoms with Crippen LogP contribution >= 0.6 is 0 Å². The lowest BCUT2D eigenvalue weighted by Crippen LogP contribution is -2.46. The molecule has 0 bridgehead atoms. The molecular weight excluding hydrogens is 280 g/mol. The van der Waals surface area contributed by atoms with Crippen LogP contribution < -0.4 is 10.5 Å². The maximum atomic E-state index is 11.2. The Labute approximate surface area is 132 Å². The van der Waals surface area contributed by atoms with Crippen LogP contribution in [0.25, 0.3) is 0 Å². The molecule has 1 saturated heterocycles. The van der Waals surface area contributed by atoms with E-state index in [1.54, 1.807) is 0 Å². The Bertz CT molecular complexity index is 493. The highest BCUT2D eigenvalue weighted by Crippen LogP contribution is 2.20. The summed E-state index contributed by atoms with van der Waals surface area (Å²) in [4.78, 5) is 13.3. The average Bonchev–Trinajstić information content (AvgIpc) is 2.48. The van der Waals surface area contributed by atoms with E-state index in [9.17, 15) is 9.90 Å². The fourth-order valence-electron chi connectivity index (χ4n) is 2.99. The van der Waals surface area contributed by atoms with E-state index in [0.717, 1.165) is 37.1 Å². The number of carbonyl (C=O) groups is 1. The molecule has 2 rings (SSSR count). The van der Waals surface area contributed by atoms with Crippen LogP contribution in [0.5, 0.6) is 5.75 Å². The molecule has 0 aromatic heterocycles. The number of carbonyl (C=O) groups excluding carboxylic acids is 1. The van der Waals surface area contributed by atoms with Gasteiger partial charge in [0.2, 0.25) is 5.91 Å². The van der Waals surface area contributed by atoms with E-state index < -0.39 is 6.10 Å². The van der Waals surface area contributed by atoms with E-state index in [2.05, 4.69) is 4.90 Å². The number of hydrogen-bond donors (Lipinski definition) is 2. The highest BCUT2D eigenvalue weighted by atomic mass is 16.5. The van der Waals surface area contributed by atoms with E-state index >= 15 is 0 Å². The van der Waals surface area contributed by atoms with E-state index in [0.29, 0.717) is 13.0 Å². The Morgan fingerprint density at radius 1 is 1.45 bits per heavy atom. The first-order valence-electron chi connectivity index (χ1n) is 7.95. The van der Waals surface area contributed by atoms with E-state index in [4.69, 9.17) is 10.5 Å². The third-order valence-corrected chi connectivity index (χ3v) is 4.16. The number of benzene rings is 1. The first kappa shape index (κ1) is 16.8. The largest absolute Gasteiger partial charge is 0.491 e. The van der Waals surface area contributed by atoms with Crippen molar-refractivity contribution >= 4 is 5.91 Å². The van der Waals surface area contributed by atoms with Gasteiger partial charge >= 0.3 is 0 Å². The number of likely N-dealkylation sites (tertiary alicyclic amines) is 1. The maximum absolute atomic E-state index is 11.2. The first-order valence-corrected chi connectivity index (χ1v) is 7.95. The molecule has 22 heavy (non-hydrogen) atoms. The van der Waals surface area contributed by atoms with Gasteiger partial charge in [0, 0.05) is 19.0 Å². The molecule has 2 unspecified atom stereocenters. The molecule has 1 amide bonds. The summed E-state index contributed by atoms with van der Waals surface area (Å²) in [6, 6.07) is 7.91. The standard InChI is InChI=1S/C17H26N2O3/c1-13-6-2-3-8-16(13)22-12-15(20)11-19-9-5-4-7-14(19)10-17(18)21/h2-3,6,8,14-15,20H,4-5,7,9-12H2,1H3,(H2,18,21). The third-order valence-electron chi connectivity index (χ3n) is 4.16. The van der Waals surface area contributed by atoms with Crippen molar-refractivity contribution in [2.24, 2.45) is 5.73 Å². The SMILES string of the molecule is Cc1ccccc1OCC(O)CN1CCCCC1CC(N)=O. The van der Waals surface area contributed by atoms with Gasteiger partial charge in [-0.05, 0) is 37.9 Å². The number of piperidine rings is 1. The molecule has 1 aliphatic heterocycles. The molecule has 122 valence electrons. The van der Waals surface area contributed by atoms with Gasteiger partial charge in [0.1, 0.15) is 18.5 Å². The summed E-state index contributed by atoms with van der Waals surface area (Å²) in [5, 5.41) is 10.2.